The summed E-state index contributed by atoms with van der Waals surface area (Å²) in [6, 6.07) is 13.0. The van der Waals surface area contributed by atoms with E-state index in [4.69, 9.17) is 9.47 Å². The zero-order valence-corrected chi connectivity index (χ0v) is 15.9. The summed E-state index contributed by atoms with van der Waals surface area (Å²) in [5, 5.41) is 8.95. The number of aromatic nitrogens is 3. The third kappa shape index (κ3) is 3.84. The number of hydrogen-bond acceptors (Lipinski definition) is 5. The van der Waals surface area contributed by atoms with E-state index in [0.29, 0.717) is 18.1 Å². The molecule has 2 aromatic carbocycles. The van der Waals surface area contributed by atoms with Gasteiger partial charge in [-0.2, -0.15) is 0 Å². The van der Waals surface area contributed by atoms with E-state index in [9.17, 15) is 4.39 Å². The number of thioether (sulfide) groups is 1. The molecule has 0 spiro atoms. The summed E-state index contributed by atoms with van der Waals surface area (Å²) in [6.07, 6.45) is 1.22. The largest absolute Gasteiger partial charge is 0.460 e. The molecule has 0 saturated heterocycles. The van der Waals surface area contributed by atoms with Crippen molar-refractivity contribution >= 4 is 11.8 Å². The van der Waals surface area contributed by atoms with Crippen LogP contribution in [0.3, 0.4) is 0 Å². The molecule has 1 atom stereocenters. The minimum Gasteiger partial charge on any atom is -0.460 e. The van der Waals surface area contributed by atoms with Crippen molar-refractivity contribution in [3.63, 3.8) is 0 Å². The molecule has 0 fully saturated rings. The highest BCUT2D eigenvalue weighted by molar-refractivity contribution is 7.98. The van der Waals surface area contributed by atoms with Crippen LogP contribution in [0.2, 0.25) is 0 Å². The molecule has 27 heavy (non-hydrogen) atoms. The van der Waals surface area contributed by atoms with Crippen LogP contribution >= 0.6 is 11.8 Å². The van der Waals surface area contributed by atoms with E-state index in [0.717, 1.165) is 21.8 Å². The van der Waals surface area contributed by atoms with Gasteiger partial charge in [-0.1, -0.05) is 42.1 Å². The Morgan fingerprint density at radius 3 is 2.85 bits per heavy atom. The quantitative estimate of drug-likeness (QED) is 0.585. The molecule has 1 aliphatic heterocycles. The molecule has 1 aromatic heterocycles. The van der Waals surface area contributed by atoms with Gasteiger partial charge in [0.05, 0.1) is 6.61 Å². The van der Waals surface area contributed by atoms with E-state index >= 15 is 0 Å². The fourth-order valence-corrected chi connectivity index (χ4v) is 4.00. The Bertz CT molecular complexity index is 930. The van der Waals surface area contributed by atoms with Crippen LogP contribution in [0.4, 0.5) is 4.39 Å². The van der Waals surface area contributed by atoms with Crippen LogP contribution in [-0.4, -0.2) is 14.8 Å². The first-order valence-electron chi connectivity index (χ1n) is 8.78. The van der Waals surface area contributed by atoms with E-state index in [1.54, 1.807) is 6.33 Å². The number of halogens is 1. The number of rotatable bonds is 5. The maximum absolute atomic E-state index is 14.1. The van der Waals surface area contributed by atoms with Crippen molar-refractivity contribution in [2.45, 2.75) is 43.7 Å². The van der Waals surface area contributed by atoms with Crippen LogP contribution < -0.4 is 4.74 Å². The summed E-state index contributed by atoms with van der Waals surface area (Å²) in [6.45, 7) is 4.46. The lowest BCUT2D eigenvalue weighted by atomic mass is 10.1. The fourth-order valence-electron chi connectivity index (χ4n) is 2.99. The van der Waals surface area contributed by atoms with Gasteiger partial charge in [0.15, 0.2) is 5.16 Å². The van der Waals surface area contributed by atoms with Crippen LogP contribution in [0.25, 0.3) is 0 Å². The van der Waals surface area contributed by atoms with Gasteiger partial charge < -0.3 is 14.0 Å². The summed E-state index contributed by atoms with van der Waals surface area (Å²) < 4.78 is 28.0. The second-order valence-electron chi connectivity index (χ2n) is 6.63. The van der Waals surface area contributed by atoms with Crippen LogP contribution in [0, 0.1) is 5.82 Å². The van der Waals surface area contributed by atoms with Gasteiger partial charge in [0.1, 0.15) is 17.9 Å². The van der Waals surface area contributed by atoms with E-state index in [2.05, 4.69) is 24.0 Å². The lowest BCUT2D eigenvalue weighted by Gasteiger charge is -2.28. The molecule has 0 saturated carbocycles. The van der Waals surface area contributed by atoms with Crippen molar-refractivity contribution in [1.82, 2.24) is 14.8 Å². The van der Waals surface area contributed by atoms with Gasteiger partial charge in [0.25, 0.3) is 0 Å². The average Bonchev–Trinajstić information content (AvgIpc) is 3.15. The van der Waals surface area contributed by atoms with Crippen LogP contribution in [0.1, 0.15) is 42.9 Å². The van der Waals surface area contributed by atoms with Gasteiger partial charge in [-0.25, -0.2) is 4.39 Å². The molecule has 0 N–H and O–H groups in total. The van der Waals surface area contributed by atoms with Gasteiger partial charge in [-0.15, -0.1) is 10.2 Å². The predicted octanol–water partition coefficient (Wildman–Crippen LogP) is 4.90. The molecule has 0 radical (unpaired) electrons. The van der Waals surface area contributed by atoms with Crippen LogP contribution in [-0.2, 0) is 17.1 Å². The van der Waals surface area contributed by atoms with E-state index in [1.807, 2.05) is 34.9 Å². The average molecular weight is 385 g/mol. The predicted molar refractivity (Wildman–Crippen MR) is 101 cm³/mol. The normalized spacial score (nSPS) is 16.2. The summed E-state index contributed by atoms with van der Waals surface area (Å²) in [4.78, 5) is 0. The smallest absolute Gasteiger partial charge is 0.227 e. The number of ether oxygens (including phenoxy) is 2. The van der Waals surface area contributed by atoms with Crippen molar-refractivity contribution in [3.05, 3.63) is 71.3 Å². The monoisotopic (exact) mass is 385 g/mol. The molecule has 4 rings (SSSR count). The zero-order chi connectivity index (χ0) is 18.8. The minimum absolute atomic E-state index is 0.260. The minimum atomic E-state index is -0.493. The van der Waals surface area contributed by atoms with Gasteiger partial charge >= 0.3 is 0 Å². The Kier molecular flexibility index (Phi) is 5.13. The van der Waals surface area contributed by atoms with Crippen molar-refractivity contribution in [1.29, 1.82) is 0 Å². The molecule has 0 unspecified atom stereocenters. The number of hydrogen-bond donors (Lipinski definition) is 0. The van der Waals surface area contributed by atoms with Gasteiger partial charge in [0.2, 0.25) is 6.29 Å². The van der Waals surface area contributed by atoms with E-state index in [-0.39, 0.29) is 11.9 Å². The fraction of sp³-hybridized carbons (Fsp3) is 0.300. The standard InChI is InChI=1S/C20H20FN3O2S/c1-13(2)24-12-22-23-20(24)27-11-16-9-17(21)8-15-10-25-19(26-18(15)16)14-6-4-3-5-7-14/h3-9,12-13,19H,10-11H2,1-2H3/t19-/m0/s1. The molecule has 7 heteroatoms. The Hall–Kier alpha value is -2.38. The second-order valence-corrected chi connectivity index (χ2v) is 7.57. The summed E-state index contributed by atoms with van der Waals surface area (Å²) in [7, 11) is 0. The van der Waals surface area contributed by atoms with Gasteiger partial charge in [-0.3, -0.25) is 0 Å². The maximum atomic E-state index is 14.1. The molecule has 3 aromatic rings. The Morgan fingerprint density at radius 2 is 2.07 bits per heavy atom. The molecule has 0 bridgehead atoms. The highest BCUT2D eigenvalue weighted by Gasteiger charge is 2.25. The number of fused-ring (bicyclic) bond motifs is 1. The second kappa shape index (κ2) is 7.70. The number of benzene rings is 2. The molecule has 1 aliphatic rings. The van der Waals surface area contributed by atoms with Crippen molar-refractivity contribution in [3.8, 4) is 5.75 Å². The molecule has 2 heterocycles. The molecular weight excluding hydrogens is 365 g/mol. The topological polar surface area (TPSA) is 49.2 Å². The molecular formula is C20H20FN3O2S. The Labute approximate surface area is 161 Å². The van der Waals surface area contributed by atoms with E-state index in [1.165, 1.54) is 23.9 Å². The van der Waals surface area contributed by atoms with Gasteiger partial charge in [0, 0.05) is 28.5 Å². The third-order valence-corrected chi connectivity index (χ3v) is 5.35. The summed E-state index contributed by atoms with van der Waals surface area (Å²) in [5.74, 6) is 0.937. The van der Waals surface area contributed by atoms with Crippen molar-refractivity contribution < 1.29 is 13.9 Å². The summed E-state index contributed by atoms with van der Waals surface area (Å²) >= 11 is 1.52. The summed E-state index contributed by atoms with van der Waals surface area (Å²) in [5.41, 5.74) is 2.45. The first kappa shape index (κ1) is 18.0. The van der Waals surface area contributed by atoms with Crippen LogP contribution in [0.5, 0.6) is 5.75 Å². The zero-order valence-electron chi connectivity index (χ0n) is 15.1. The van der Waals surface area contributed by atoms with Gasteiger partial charge in [-0.05, 0) is 26.0 Å². The molecule has 5 nitrogen and oxygen atoms in total. The first-order chi connectivity index (χ1) is 13.1. The third-order valence-electron chi connectivity index (χ3n) is 4.35. The molecule has 140 valence electrons. The van der Waals surface area contributed by atoms with Crippen molar-refractivity contribution in [2.75, 3.05) is 0 Å². The molecule has 0 aliphatic carbocycles. The lowest BCUT2D eigenvalue weighted by Crippen LogP contribution is -2.19. The van der Waals surface area contributed by atoms with E-state index < -0.39 is 6.29 Å². The number of nitrogens with zero attached hydrogens (tertiary/aromatic N) is 3. The lowest BCUT2D eigenvalue weighted by molar-refractivity contribution is -0.112. The van der Waals surface area contributed by atoms with Crippen molar-refractivity contribution in [2.24, 2.45) is 0 Å². The van der Waals surface area contributed by atoms with Crippen LogP contribution in [0.15, 0.2) is 53.9 Å². The molecule has 0 amide bonds. The Morgan fingerprint density at radius 1 is 1.26 bits per heavy atom. The highest BCUT2D eigenvalue weighted by atomic mass is 32.2. The highest BCUT2D eigenvalue weighted by Crippen LogP contribution is 2.38. The maximum Gasteiger partial charge on any atom is 0.227 e. The first-order valence-corrected chi connectivity index (χ1v) is 9.77. The SMILES string of the molecule is CC(C)n1cnnc1SCc1cc(F)cc2c1O[C@@H](c1ccccc1)OC2. The Balaban J connectivity index is 1.59.